The van der Waals surface area contributed by atoms with Gasteiger partial charge in [0.15, 0.2) is 0 Å². The smallest absolute Gasteiger partial charge is 0.355 e. The van der Waals surface area contributed by atoms with E-state index in [1.54, 1.807) is 30.8 Å². The number of nitrogens with one attached hydrogen (secondary N) is 1. The van der Waals surface area contributed by atoms with Gasteiger partial charge in [-0.25, -0.2) is 4.79 Å². The Balaban J connectivity index is 0.00000441. The molecule has 0 aliphatic heterocycles. The molecule has 1 amide bonds. The van der Waals surface area contributed by atoms with Gasteiger partial charge in [-0.2, -0.15) is 0 Å². The molecule has 1 rings (SSSR count). The van der Waals surface area contributed by atoms with E-state index in [0.29, 0.717) is 37.4 Å². The lowest BCUT2D eigenvalue weighted by Gasteiger charge is -2.28. The van der Waals surface area contributed by atoms with Crippen LogP contribution in [0.15, 0.2) is 12.3 Å². The molecule has 1 aromatic rings. The molecule has 22 heavy (non-hydrogen) atoms. The van der Waals surface area contributed by atoms with Crippen LogP contribution < -0.4 is 11.1 Å². The molecule has 1 aromatic heterocycles. The number of nitrogens with zero attached hydrogens (tertiary/aromatic N) is 1. The minimum Gasteiger partial charge on any atom is -0.461 e. The maximum absolute atomic E-state index is 12.4. The summed E-state index contributed by atoms with van der Waals surface area (Å²) in [6.45, 7) is 6.26. The van der Waals surface area contributed by atoms with Crippen molar-refractivity contribution in [1.82, 2.24) is 4.57 Å². The molecular formula is C15H26ClN3O3. The Labute approximate surface area is 137 Å². The van der Waals surface area contributed by atoms with Gasteiger partial charge in [0.05, 0.1) is 17.7 Å². The monoisotopic (exact) mass is 331 g/mol. The Hall–Kier alpha value is -1.53. The molecule has 3 N–H and O–H groups in total. The van der Waals surface area contributed by atoms with Gasteiger partial charge in [0, 0.05) is 19.8 Å². The molecule has 7 heteroatoms. The number of nitrogens with two attached hydrogens (primary N) is 1. The van der Waals surface area contributed by atoms with E-state index in [-0.39, 0.29) is 18.3 Å². The molecular weight excluding hydrogens is 306 g/mol. The first-order valence-corrected chi connectivity index (χ1v) is 7.29. The fourth-order valence-electron chi connectivity index (χ4n) is 2.26. The number of ether oxygens (including phenoxy) is 1. The van der Waals surface area contributed by atoms with Gasteiger partial charge in [-0.15, -0.1) is 12.4 Å². The van der Waals surface area contributed by atoms with Crippen LogP contribution in [0, 0.1) is 5.41 Å². The van der Waals surface area contributed by atoms with Crippen molar-refractivity contribution >= 4 is 30.0 Å². The average molecular weight is 332 g/mol. The summed E-state index contributed by atoms with van der Waals surface area (Å²) in [5, 5.41) is 2.85. The Bertz CT molecular complexity index is 502. The molecule has 0 radical (unpaired) electrons. The van der Waals surface area contributed by atoms with Gasteiger partial charge in [-0.05, 0) is 25.8 Å². The minimum absolute atomic E-state index is 0. The largest absolute Gasteiger partial charge is 0.461 e. The lowest BCUT2D eigenvalue weighted by molar-refractivity contribution is -0.125. The highest BCUT2D eigenvalue weighted by atomic mass is 35.5. The standard InChI is InChI=1S/C15H25N3O3.ClH/c1-5-15(6-2,10-16)14(20)17-11-8-12(18(4)9-11)13(19)21-7-3;/h8-9H,5-7,10,16H2,1-4H3,(H,17,20);1H. The maximum Gasteiger partial charge on any atom is 0.355 e. The van der Waals surface area contributed by atoms with Gasteiger partial charge in [-0.1, -0.05) is 13.8 Å². The van der Waals surface area contributed by atoms with Crippen LogP contribution in [0.4, 0.5) is 5.69 Å². The first-order chi connectivity index (χ1) is 9.93. The molecule has 0 aromatic carbocycles. The van der Waals surface area contributed by atoms with E-state index in [0.717, 1.165) is 0 Å². The third kappa shape index (κ3) is 4.24. The van der Waals surface area contributed by atoms with Crippen molar-refractivity contribution in [3.05, 3.63) is 18.0 Å². The molecule has 0 bridgehead atoms. The van der Waals surface area contributed by atoms with E-state index in [1.807, 2.05) is 13.8 Å². The fraction of sp³-hybridized carbons (Fsp3) is 0.600. The predicted molar refractivity (Wildman–Crippen MR) is 89.3 cm³/mol. The number of aromatic nitrogens is 1. The quantitative estimate of drug-likeness (QED) is 0.751. The molecule has 0 unspecified atom stereocenters. The first kappa shape index (κ1) is 20.5. The van der Waals surface area contributed by atoms with Crippen LogP contribution in [0.3, 0.4) is 0 Å². The Kier molecular flexibility index (Phi) is 8.19. The molecule has 0 aliphatic carbocycles. The molecule has 0 atom stereocenters. The van der Waals surface area contributed by atoms with Crippen molar-refractivity contribution in [3.8, 4) is 0 Å². The van der Waals surface area contributed by atoms with Crippen LogP contribution in [-0.4, -0.2) is 29.6 Å². The zero-order valence-electron chi connectivity index (χ0n) is 13.6. The van der Waals surface area contributed by atoms with Crippen LogP contribution in [0.2, 0.25) is 0 Å². The molecule has 126 valence electrons. The molecule has 0 saturated carbocycles. The third-order valence-corrected chi connectivity index (χ3v) is 3.97. The number of rotatable bonds is 7. The van der Waals surface area contributed by atoms with E-state index in [9.17, 15) is 9.59 Å². The van der Waals surface area contributed by atoms with E-state index >= 15 is 0 Å². The van der Waals surface area contributed by atoms with Crippen LogP contribution in [0.1, 0.15) is 44.1 Å². The SMILES string of the molecule is CCOC(=O)c1cc(NC(=O)C(CC)(CC)CN)cn1C.Cl. The average Bonchev–Trinajstić information content (AvgIpc) is 2.82. The number of carbonyl (C=O) groups is 2. The summed E-state index contributed by atoms with van der Waals surface area (Å²) in [4.78, 5) is 24.2. The summed E-state index contributed by atoms with van der Waals surface area (Å²) in [6, 6.07) is 1.61. The number of anilines is 1. The summed E-state index contributed by atoms with van der Waals surface area (Å²) in [6.07, 6.45) is 3.03. The predicted octanol–water partition coefficient (Wildman–Crippen LogP) is 2.33. The Morgan fingerprint density at radius 1 is 1.32 bits per heavy atom. The van der Waals surface area contributed by atoms with Crippen molar-refractivity contribution in [2.75, 3.05) is 18.5 Å². The number of hydrogen-bond acceptors (Lipinski definition) is 4. The third-order valence-electron chi connectivity index (χ3n) is 3.97. The van der Waals surface area contributed by atoms with Gasteiger partial charge < -0.3 is 20.4 Å². The van der Waals surface area contributed by atoms with Gasteiger partial charge in [0.25, 0.3) is 0 Å². The van der Waals surface area contributed by atoms with E-state index in [2.05, 4.69) is 5.32 Å². The summed E-state index contributed by atoms with van der Waals surface area (Å²) in [5.74, 6) is -0.521. The van der Waals surface area contributed by atoms with Crippen LogP contribution >= 0.6 is 12.4 Å². The number of carbonyl (C=O) groups excluding carboxylic acids is 2. The second kappa shape index (κ2) is 8.80. The lowest BCUT2D eigenvalue weighted by atomic mass is 9.81. The topological polar surface area (TPSA) is 86.3 Å². The highest BCUT2D eigenvalue weighted by molar-refractivity contribution is 5.97. The molecule has 0 saturated heterocycles. The molecule has 0 fully saturated rings. The highest BCUT2D eigenvalue weighted by Gasteiger charge is 2.33. The van der Waals surface area contributed by atoms with Crippen LogP contribution in [0.25, 0.3) is 0 Å². The number of hydrogen-bond donors (Lipinski definition) is 2. The fourth-order valence-corrected chi connectivity index (χ4v) is 2.26. The molecule has 0 spiro atoms. The maximum atomic E-state index is 12.4. The zero-order valence-corrected chi connectivity index (χ0v) is 14.5. The lowest BCUT2D eigenvalue weighted by Crippen LogP contribution is -2.41. The number of amides is 1. The minimum atomic E-state index is -0.570. The van der Waals surface area contributed by atoms with Gasteiger partial charge in [0.2, 0.25) is 5.91 Å². The first-order valence-electron chi connectivity index (χ1n) is 7.29. The van der Waals surface area contributed by atoms with E-state index in [4.69, 9.17) is 10.5 Å². The molecule has 6 nitrogen and oxygen atoms in total. The number of halogens is 1. The second-order valence-corrected chi connectivity index (χ2v) is 5.09. The normalized spacial score (nSPS) is 10.8. The van der Waals surface area contributed by atoms with Crippen molar-refractivity contribution in [2.45, 2.75) is 33.6 Å². The van der Waals surface area contributed by atoms with Gasteiger partial charge in [0.1, 0.15) is 5.69 Å². The van der Waals surface area contributed by atoms with E-state index < -0.39 is 11.4 Å². The van der Waals surface area contributed by atoms with Crippen molar-refractivity contribution in [1.29, 1.82) is 0 Å². The van der Waals surface area contributed by atoms with Crippen LogP contribution in [-0.2, 0) is 16.6 Å². The van der Waals surface area contributed by atoms with Crippen molar-refractivity contribution in [3.63, 3.8) is 0 Å². The van der Waals surface area contributed by atoms with E-state index in [1.165, 1.54) is 0 Å². The highest BCUT2D eigenvalue weighted by Crippen LogP contribution is 2.27. The summed E-state index contributed by atoms with van der Waals surface area (Å²) >= 11 is 0. The molecule has 0 aliphatic rings. The zero-order chi connectivity index (χ0) is 16.0. The molecule has 1 heterocycles. The van der Waals surface area contributed by atoms with Crippen molar-refractivity contribution < 1.29 is 14.3 Å². The summed E-state index contributed by atoms with van der Waals surface area (Å²) < 4.78 is 6.60. The summed E-state index contributed by atoms with van der Waals surface area (Å²) in [7, 11) is 1.73. The Morgan fingerprint density at radius 2 is 1.91 bits per heavy atom. The van der Waals surface area contributed by atoms with Crippen molar-refractivity contribution in [2.24, 2.45) is 18.2 Å². The van der Waals surface area contributed by atoms with Crippen LogP contribution in [0.5, 0.6) is 0 Å². The second-order valence-electron chi connectivity index (χ2n) is 5.09. The summed E-state index contributed by atoms with van der Waals surface area (Å²) in [5.41, 5.74) is 6.17. The van der Waals surface area contributed by atoms with Gasteiger partial charge in [-0.3, -0.25) is 4.79 Å². The Morgan fingerprint density at radius 3 is 2.36 bits per heavy atom. The van der Waals surface area contributed by atoms with Gasteiger partial charge >= 0.3 is 5.97 Å². The number of aryl methyl sites for hydroxylation is 1. The number of esters is 1.